The number of carbonyl (C=O) groups excluding carboxylic acids is 1. The second-order valence-corrected chi connectivity index (χ2v) is 7.78. The largest absolute Gasteiger partial charge is 0.305 e. The minimum atomic E-state index is 0.0167. The van der Waals surface area contributed by atoms with Crippen molar-refractivity contribution < 1.29 is 4.79 Å². The Bertz CT molecular complexity index is 504. The van der Waals surface area contributed by atoms with E-state index in [0.29, 0.717) is 5.75 Å². The van der Waals surface area contributed by atoms with E-state index in [9.17, 15) is 4.79 Å². The molecule has 3 nitrogen and oxygen atoms in total. The van der Waals surface area contributed by atoms with Crippen LogP contribution >= 0.6 is 23.5 Å². The van der Waals surface area contributed by atoms with E-state index in [1.807, 2.05) is 0 Å². The highest BCUT2D eigenvalue weighted by molar-refractivity contribution is 8.14. The number of carbonyl (C=O) groups is 1. The third-order valence-corrected chi connectivity index (χ3v) is 4.83. The number of nitrogens with one attached hydrogen (secondary N) is 1. The van der Waals surface area contributed by atoms with E-state index >= 15 is 0 Å². The van der Waals surface area contributed by atoms with Crippen LogP contribution in [0.2, 0.25) is 0 Å². The fourth-order valence-corrected chi connectivity index (χ4v) is 3.21. The summed E-state index contributed by atoms with van der Waals surface area (Å²) in [7, 11) is 0. The molecule has 0 aromatic heterocycles. The van der Waals surface area contributed by atoms with Crippen molar-refractivity contribution in [3.05, 3.63) is 29.8 Å². The number of hydrogen-bond donors (Lipinski definition) is 1. The van der Waals surface area contributed by atoms with Crippen molar-refractivity contribution >= 4 is 34.6 Å². The first kappa shape index (κ1) is 15.4. The maximum absolute atomic E-state index is 11.8. The molecule has 0 spiro atoms. The van der Waals surface area contributed by atoms with Crippen LogP contribution in [0, 0.1) is 0 Å². The molecule has 0 radical (unpaired) electrons. The zero-order valence-corrected chi connectivity index (χ0v) is 13.7. The maximum atomic E-state index is 11.8. The lowest BCUT2D eigenvalue weighted by molar-refractivity contribution is -0.117. The Morgan fingerprint density at radius 2 is 2.05 bits per heavy atom. The Balaban J connectivity index is 1.83. The van der Waals surface area contributed by atoms with Crippen LogP contribution in [-0.4, -0.2) is 29.1 Å². The van der Waals surface area contributed by atoms with Crippen LogP contribution in [0.1, 0.15) is 26.3 Å². The van der Waals surface area contributed by atoms with E-state index in [-0.39, 0.29) is 11.3 Å². The van der Waals surface area contributed by atoms with Gasteiger partial charge in [0, 0.05) is 10.6 Å². The van der Waals surface area contributed by atoms with Crippen molar-refractivity contribution in [2.45, 2.75) is 31.1 Å². The number of benzene rings is 1. The highest BCUT2D eigenvalue weighted by Gasteiger charge is 2.14. The maximum Gasteiger partial charge on any atom is 0.236 e. The summed E-state index contributed by atoms with van der Waals surface area (Å²) in [5.41, 5.74) is 1.47. The molecule has 2 rings (SSSR count). The van der Waals surface area contributed by atoms with Crippen LogP contribution in [0.4, 0.5) is 0 Å². The second-order valence-electron chi connectivity index (χ2n) is 5.65. The Kier molecular flexibility index (Phi) is 5.16. The van der Waals surface area contributed by atoms with E-state index < -0.39 is 0 Å². The summed E-state index contributed by atoms with van der Waals surface area (Å²) in [4.78, 5) is 17.1. The molecule has 1 N–H and O–H groups in total. The molecule has 0 saturated heterocycles. The summed E-state index contributed by atoms with van der Waals surface area (Å²) in [6, 6.07) is 8.44. The van der Waals surface area contributed by atoms with E-state index in [2.05, 4.69) is 55.3 Å². The van der Waals surface area contributed by atoms with Gasteiger partial charge in [0.25, 0.3) is 0 Å². The number of amides is 1. The van der Waals surface area contributed by atoms with E-state index in [1.54, 1.807) is 23.5 Å². The number of nitrogens with zero attached hydrogens (tertiary/aromatic N) is 1. The molecule has 5 heteroatoms. The SMILES string of the molecule is CC(C)(C)c1ccc(SCC(=O)NC2=NCCS2)cc1. The lowest BCUT2D eigenvalue weighted by Gasteiger charge is -2.19. The third kappa shape index (κ3) is 4.56. The molecule has 20 heavy (non-hydrogen) atoms. The fraction of sp³-hybridized carbons (Fsp3) is 0.467. The second kappa shape index (κ2) is 6.68. The average Bonchev–Trinajstić information content (AvgIpc) is 2.88. The van der Waals surface area contributed by atoms with E-state index in [1.165, 1.54) is 5.56 Å². The lowest BCUT2D eigenvalue weighted by atomic mass is 9.87. The zero-order chi connectivity index (χ0) is 14.6. The normalized spacial score (nSPS) is 15.1. The minimum Gasteiger partial charge on any atom is -0.305 e. The molecule has 1 heterocycles. The van der Waals surface area contributed by atoms with Crippen molar-refractivity contribution in [3.63, 3.8) is 0 Å². The number of hydrogen-bond acceptors (Lipinski definition) is 4. The molecular weight excluding hydrogens is 288 g/mol. The minimum absolute atomic E-state index is 0.0167. The molecule has 1 aliphatic rings. The summed E-state index contributed by atoms with van der Waals surface area (Å²) in [5.74, 6) is 1.41. The van der Waals surface area contributed by atoms with Gasteiger partial charge in [0.2, 0.25) is 5.91 Å². The molecule has 0 fully saturated rings. The monoisotopic (exact) mass is 308 g/mol. The van der Waals surface area contributed by atoms with Gasteiger partial charge in [0.15, 0.2) is 5.17 Å². The topological polar surface area (TPSA) is 41.5 Å². The smallest absolute Gasteiger partial charge is 0.236 e. The first-order valence-electron chi connectivity index (χ1n) is 6.65. The van der Waals surface area contributed by atoms with Crippen LogP contribution in [0.25, 0.3) is 0 Å². The Morgan fingerprint density at radius 1 is 1.35 bits per heavy atom. The molecule has 0 saturated carbocycles. The number of aliphatic imine (C=N–C) groups is 1. The Hall–Kier alpha value is -0.940. The van der Waals surface area contributed by atoms with Gasteiger partial charge < -0.3 is 5.32 Å². The predicted molar refractivity (Wildman–Crippen MR) is 88.8 cm³/mol. The first-order valence-corrected chi connectivity index (χ1v) is 8.63. The van der Waals surface area contributed by atoms with Gasteiger partial charge >= 0.3 is 0 Å². The number of thioether (sulfide) groups is 2. The average molecular weight is 308 g/mol. The van der Waals surface area contributed by atoms with Crippen molar-refractivity contribution in [1.29, 1.82) is 0 Å². The van der Waals surface area contributed by atoms with Gasteiger partial charge in [-0.15, -0.1) is 11.8 Å². The van der Waals surface area contributed by atoms with Crippen LogP contribution in [0.3, 0.4) is 0 Å². The number of amidine groups is 1. The predicted octanol–water partition coefficient (Wildman–Crippen LogP) is 3.30. The van der Waals surface area contributed by atoms with Gasteiger partial charge in [-0.25, -0.2) is 0 Å². The molecule has 0 unspecified atom stereocenters. The van der Waals surface area contributed by atoms with Gasteiger partial charge in [-0.3, -0.25) is 9.79 Å². The van der Waals surface area contributed by atoms with Crippen molar-refractivity contribution in [1.82, 2.24) is 5.32 Å². The first-order chi connectivity index (χ1) is 9.45. The third-order valence-electron chi connectivity index (χ3n) is 2.92. The molecule has 1 aromatic rings. The summed E-state index contributed by atoms with van der Waals surface area (Å²) in [6.45, 7) is 7.40. The quantitative estimate of drug-likeness (QED) is 0.871. The molecule has 0 atom stereocenters. The lowest BCUT2D eigenvalue weighted by Crippen LogP contribution is -2.28. The van der Waals surface area contributed by atoms with Crippen LogP contribution in [0.15, 0.2) is 34.2 Å². The molecular formula is C15H20N2OS2. The Morgan fingerprint density at radius 3 is 2.60 bits per heavy atom. The molecule has 0 aliphatic carbocycles. The zero-order valence-electron chi connectivity index (χ0n) is 12.1. The summed E-state index contributed by atoms with van der Waals surface area (Å²) < 4.78 is 0. The number of rotatable bonds is 3. The summed E-state index contributed by atoms with van der Waals surface area (Å²) in [6.07, 6.45) is 0. The molecule has 1 aliphatic heterocycles. The van der Waals surface area contributed by atoms with Crippen molar-refractivity contribution in [2.75, 3.05) is 18.1 Å². The van der Waals surface area contributed by atoms with Crippen molar-refractivity contribution in [3.8, 4) is 0 Å². The van der Waals surface area contributed by atoms with Gasteiger partial charge in [0.1, 0.15) is 0 Å². The summed E-state index contributed by atoms with van der Waals surface area (Å²) in [5, 5.41) is 3.60. The van der Waals surface area contributed by atoms with Crippen LogP contribution in [0.5, 0.6) is 0 Å². The van der Waals surface area contributed by atoms with Gasteiger partial charge in [0.05, 0.1) is 12.3 Å². The Labute approximate surface area is 129 Å². The van der Waals surface area contributed by atoms with Gasteiger partial charge in [-0.2, -0.15) is 0 Å². The van der Waals surface area contributed by atoms with Gasteiger partial charge in [-0.1, -0.05) is 44.7 Å². The highest BCUT2D eigenvalue weighted by Crippen LogP contribution is 2.25. The molecule has 108 valence electrons. The molecule has 1 amide bonds. The van der Waals surface area contributed by atoms with Crippen molar-refractivity contribution in [2.24, 2.45) is 4.99 Å². The highest BCUT2D eigenvalue weighted by atomic mass is 32.2. The van der Waals surface area contributed by atoms with Gasteiger partial charge in [-0.05, 0) is 23.1 Å². The van der Waals surface area contributed by atoms with Crippen LogP contribution < -0.4 is 5.32 Å². The standard InChI is InChI=1S/C15H20N2OS2/c1-15(2,3)11-4-6-12(7-5-11)20-10-13(18)17-14-16-8-9-19-14/h4-7H,8-10H2,1-3H3,(H,16,17,18). The van der Waals surface area contributed by atoms with Crippen LogP contribution in [-0.2, 0) is 10.2 Å². The van der Waals surface area contributed by atoms with E-state index in [0.717, 1.165) is 22.4 Å². The van der Waals surface area contributed by atoms with E-state index in [4.69, 9.17) is 0 Å². The summed E-state index contributed by atoms with van der Waals surface area (Å²) >= 11 is 3.16. The molecule has 1 aromatic carbocycles. The fourth-order valence-electron chi connectivity index (χ4n) is 1.77. The molecule has 0 bridgehead atoms.